The zero-order chi connectivity index (χ0) is 21.8. The second kappa shape index (κ2) is 9.37. The van der Waals surface area contributed by atoms with Gasteiger partial charge in [-0.15, -0.1) is 0 Å². The maximum Gasteiger partial charge on any atom is 0.223 e. The lowest BCUT2D eigenvalue weighted by molar-refractivity contribution is -0.135. The SMILES string of the molecule is CC1(C)CC(C(=O)NCCN2Cc3ccccc3OC(c3ccccc3F)C2)CCO1. The molecule has 2 heterocycles. The number of hydrogen-bond donors (Lipinski definition) is 1. The van der Waals surface area contributed by atoms with E-state index in [1.807, 2.05) is 44.2 Å². The number of carbonyl (C=O) groups excluding carboxylic acids is 1. The predicted molar refractivity (Wildman–Crippen MR) is 117 cm³/mol. The Morgan fingerprint density at radius 2 is 1.97 bits per heavy atom. The summed E-state index contributed by atoms with van der Waals surface area (Å²) < 4.78 is 26.4. The monoisotopic (exact) mass is 426 g/mol. The first kappa shape index (κ1) is 21.8. The molecule has 0 aromatic heterocycles. The summed E-state index contributed by atoms with van der Waals surface area (Å²) in [5.74, 6) is 0.602. The molecule has 2 aromatic carbocycles. The van der Waals surface area contributed by atoms with E-state index >= 15 is 0 Å². The minimum absolute atomic E-state index is 0.0110. The van der Waals surface area contributed by atoms with E-state index in [0.717, 1.165) is 24.2 Å². The molecule has 1 saturated heterocycles. The fraction of sp³-hybridized carbons (Fsp3) is 0.480. The summed E-state index contributed by atoms with van der Waals surface area (Å²) in [6, 6.07) is 14.7. The largest absolute Gasteiger partial charge is 0.484 e. The summed E-state index contributed by atoms with van der Waals surface area (Å²) in [7, 11) is 0. The van der Waals surface area contributed by atoms with Crippen molar-refractivity contribution in [3.8, 4) is 5.75 Å². The minimum atomic E-state index is -0.406. The number of fused-ring (bicyclic) bond motifs is 1. The maximum absolute atomic E-state index is 14.5. The lowest BCUT2D eigenvalue weighted by Gasteiger charge is -2.34. The first-order valence-electron chi connectivity index (χ1n) is 11.0. The molecular formula is C25H31FN2O3. The molecule has 0 aliphatic carbocycles. The van der Waals surface area contributed by atoms with E-state index in [9.17, 15) is 9.18 Å². The van der Waals surface area contributed by atoms with E-state index in [1.165, 1.54) is 6.07 Å². The summed E-state index contributed by atoms with van der Waals surface area (Å²) in [4.78, 5) is 14.9. The number of carbonyl (C=O) groups is 1. The van der Waals surface area contributed by atoms with E-state index in [2.05, 4.69) is 10.2 Å². The molecule has 31 heavy (non-hydrogen) atoms. The molecule has 4 rings (SSSR count). The second-order valence-electron chi connectivity index (χ2n) is 9.06. The molecular weight excluding hydrogens is 395 g/mol. The molecule has 0 saturated carbocycles. The van der Waals surface area contributed by atoms with Crippen LogP contribution in [0.2, 0.25) is 0 Å². The minimum Gasteiger partial charge on any atom is -0.484 e. The summed E-state index contributed by atoms with van der Waals surface area (Å²) in [5.41, 5.74) is 1.37. The molecule has 2 aliphatic heterocycles. The van der Waals surface area contributed by atoms with Crippen molar-refractivity contribution in [3.05, 3.63) is 65.5 Å². The van der Waals surface area contributed by atoms with Crippen molar-refractivity contribution in [2.75, 3.05) is 26.2 Å². The lowest BCUT2D eigenvalue weighted by atomic mass is 9.88. The van der Waals surface area contributed by atoms with Crippen LogP contribution in [-0.4, -0.2) is 42.6 Å². The van der Waals surface area contributed by atoms with Gasteiger partial charge in [0.05, 0.1) is 5.60 Å². The number of rotatable bonds is 5. The Kier molecular flexibility index (Phi) is 6.58. The highest BCUT2D eigenvalue weighted by molar-refractivity contribution is 5.78. The highest BCUT2D eigenvalue weighted by atomic mass is 19.1. The maximum atomic E-state index is 14.5. The number of halogens is 1. The number of para-hydroxylation sites is 1. The van der Waals surface area contributed by atoms with Crippen LogP contribution in [0.3, 0.4) is 0 Å². The van der Waals surface area contributed by atoms with Gasteiger partial charge >= 0.3 is 0 Å². The molecule has 2 aliphatic rings. The molecule has 0 spiro atoms. The number of hydrogen-bond acceptors (Lipinski definition) is 4. The fourth-order valence-electron chi connectivity index (χ4n) is 4.49. The van der Waals surface area contributed by atoms with Gasteiger partial charge in [0, 0.05) is 49.8 Å². The normalized spacial score (nSPS) is 23.3. The van der Waals surface area contributed by atoms with Gasteiger partial charge in [0.15, 0.2) is 0 Å². The standard InChI is InChI=1S/C25H31FN2O3/c1-25(2)15-18(11-14-30-25)24(29)27-12-13-28-16-19-7-3-6-10-22(19)31-23(17-28)20-8-4-5-9-21(20)26/h3-10,18,23H,11-17H2,1-2H3,(H,27,29). The molecule has 0 radical (unpaired) electrons. The highest BCUT2D eigenvalue weighted by Gasteiger charge is 2.33. The van der Waals surface area contributed by atoms with Crippen molar-refractivity contribution in [3.63, 3.8) is 0 Å². The van der Waals surface area contributed by atoms with Gasteiger partial charge in [-0.3, -0.25) is 9.69 Å². The molecule has 1 amide bonds. The summed E-state index contributed by atoms with van der Waals surface area (Å²) >= 11 is 0. The van der Waals surface area contributed by atoms with Crippen molar-refractivity contribution in [1.82, 2.24) is 10.2 Å². The Balaban J connectivity index is 1.41. The van der Waals surface area contributed by atoms with Crippen molar-refractivity contribution < 1.29 is 18.7 Å². The summed E-state index contributed by atoms with van der Waals surface area (Å²) in [6.45, 7) is 7.14. The topological polar surface area (TPSA) is 50.8 Å². The number of benzene rings is 2. The van der Waals surface area contributed by atoms with Gasteiger partial charge < -0.3 is 14.8 Å². The van der Waals surface area contributed by atoms with Gasteiger partial charge in [0.1, 0.15) is 17.7 Å². The average molecular weight is 427 g/mol. The van der Waals surface area contributed by atoms with Crippen LogP contribution in [0.4, 0.5) is 4.39 Å². The number of ether oxygens (including phenoxy) is 2. The van der Waals surface area contributed by atoms with Crippen molar-refractivity contribution in [2.45, 2.75) is 44.9 Å². The summed E-state index contributed by atoms with van der Waals surface area (Å²) in [5, 5.41) is 3.10. The Morgan fingerprint density at radius 1 is 1.19 bits per heavy atom. The van der Waals surface area contributed by atoms with Crippen LogP contribution in [0.5, 0.6) is 5.75 Å². The quantitative estimate of drug-likeness (QED) is 0.783. The van der Waals surface area contributed by atoms with Crippen LogP contribution in [-0.2, 0) is 16.1 Å². The Morgan fingerprint density at radius 3 is 2.77 bits per heavy atom. The first-order chi connectivity index (χ1) is 14.9. The van der Waals surface area contributed by atoms with Crippen LogP contribution in [0.1, 0.15) is 43.9 Å². The number of amides is 1. The zero-order valence-electron chi connectivity index (χ0n) is 18.3. The lowest BCUT2D eigenvalue weighted by Crippen LogP contribution is -2.43. The van der Waals surface area contributed by atoms with Crippen LogP contribution in [0.15, 0.2) is 48.5 Å². The highest BCUT2D eigenvalue weighted by Crippen LogP contribution is 2.32. The Labute approximate surface area is 183 Å². The Bertz CT molecular complexity index is 917. The van der Waals surface area contributed by atoms with Crippen LogP contribution in [0.25, 0.3) is 0 Å². The van der Waals surface area contributed by atoms with E-state index in [0.29, 0.717) is 38.3 Å². The van der Waals surface area contributed by atoms with Crippen molar-refractivity contribution >= 4 is 5.91 Å². The molecule has 2 atom stereocenters. The van der Waals surface area contributed by atoms with Crippen molar-refractivity contribution in [2.24, 2.45) is 5.92 Å². The fourth-order valence-corrected chi connectivity index (χ4v) is 4.49. The van der Waals surface area contributed by atoms with Gasteiger partial charge in [-0.25, -0.2) is 4.39 Å². The average Bonchev–Trinajstić information content (AvgIpc) is 2.92. The second-order valence-corrected chi connectivity index (χ2v) is 9.06. The molecule has 1 N–H and O–H groups in total. The predicted octanol–water partition coefficient (Wildman–Crippen LogP) is 4.08. The van der Waals surface area contributed by atoms with Gasteiger partial charge in [-0.2, -0.15) is 0 Å². The van der Waals surface area contributed by atoms with E-state index in [-0.39, 0.29) is 23.2 Å². The third kappa shape index (κ3) is 5.43. The van der Waals surface area contributed by atoms with Gasteiger partial charge in [0.2, 0.25) is 5.91 Å². The van der Waals surface area contributed by atoms with Gasteiger partial charge in [-0.05, 0) is 38.8 Å². The van der Waals surface area contributed by atoms with E-state index in [1.54, 1.807) is 12.1 Å². The third-order valence-corrected chi connectivity index (χ3v) is 6.11. The molecule has 5 nitrogen and oxygen atoms in total. The summed E-state index contributed by atoms with van der Waals surface area (Å²) in [6.07, 6.45) is 1.09. The van der Waals surface area contributed by atoms with E-state index < -0.39 is 6.10 Å². The third-order valence-electron chi connectivity index (χ3n) is 6.11. The Hall–Kier alpha value is -2.44. The van der Waals surface area contributed by atoms with E-state index in [4.69, 9.17) is 9.47 Å². The van der Waals surface area contributed by atoms with Gasteiger partial charge in [-0.1, -0.05) is 36.4 Å². The molecule has 2 aromatic rings. The van der Waals surface area contributed by atoms with Gasteiger partial charge in [0.25, 0.3) is 0 Å². The number of nitrogens with one attached hydrogen (secondary N) is 1. The molecule has 166 valence electrons. The molecule has 0 bridgehead atoms. The smallest absolute Gasteiger partial charge is 0.223 e. The molecule has 6 heteroatoms. The van der Waals surface area contributed by atoms with Crippen LogP contribution < -0.4 is 10.1 Å². The van der Waals surface area contributed by atoms with Crippen LogP contribution in [0, 0.1) is 11.7 Å². The van der Waals surface area contributed by atoms with Crippen molar-refractivity contribution in [1.29, 1.82) is 0 Å². The first-order valence-corrected chi connectivity index (χ1v) is 11.0. The number of nitrogens with zero attached hydrogens (tertiary/aromatic N) is 1. The zero-order valence-corrected chi connectivity index (χ0v) is 18.3. The van der Waals surface area contributed by atoms with Crippen LogP contribution >= 0.6 is 0 Å². The molecule has 2 unspecified atom stereocenters. The molecule has 1 fully saturated rings.